The Morgan fingerprint density at radius 3 is 2.54 bits per heavy atom. The van der Waals surface area contributed by atoms with E-state index in [1.807, 2.05) is 79.1 Å². The van der Waals surface area contributed by atoms with Crippen LogP contribution in [0.2, 0.25) is 0 Å². The lowest BCUT2D eigenvalue weighted by atomic mass is 9.93. The number of nitrogens with one attached hydrogen (secondary N) is 1. The van der Waals surface area contributed by atoms with Gasteiger partial charge in [-0.2, -0.15) is 0 Å². The zero-order valence-electron chi connectivity index (χ0n) is 24.1. The van der Waals surface area contributed by atoms with E-state index in [0.29, 0.717) is 19.5 Å². The van der Waals surface area contributed by atoms with E-state index in [0.717, 1.165) is 65.0 Å². The first-order chi connectivity index (χ1) is 20.0. The topological polar surface area (TPSA) is 76.5 Å². The number of amides is 2. The Morgan fingerprint density at radius 1 is 0.976 bits per heavy atom. The van der Waals surface area contributed by atoms with Crippen LogP contribution < -0.4 is 10.1 Å². The average Bonchev–Trinajstić information content (AvgIpc) is 3.34. The summed E-state index contributed by atoms with van der Waals surface area (Å²) >= 11 is 0. The summed E-state index contributed by atoms with van der Waals surface area (Å²) in [7, 11) is 0. The molecule has 0 saturated heterocycles. The Labute approximate surface area is 242 Å². The molecule has 1 saturated carbocycles. The van der Waals surface area contributed by atoms with E-state index >= 15 is 0 Å². The summed E-state index contributed by atoms with van der Waals surface area (Å²) in [6.07, 6.45) is 6.17. The number of aryl methyl sites for hydroxylation is 2. The molecule has 0 bridgehead atoms. The zero-order valence-corrected chi connectivity index (χ0v) is 24.1. The standard InChI is InChI=1S/C34H40N4O3/c1-25-17-18-26(2)31(21-25)41-24-33(39)35-20-19-32-36-29-15-9-10-16-30(29)38(32)23-34(40)37(28-13-7-4-8-14-28)22-27-11-5-3-6-12-27/h3,5-6,9-12,15-18,21,28H,4,7-8,13-14,19-20,22-24H2,1-2H3,(H,35,39). The predicted molar refractivity (Wildman–Crippen MR) is 162 cm³/mol. The van der Waals surface area contributed by atoms with Crippen LogP contribution in [-0.2, 0) is 29.1 Å². The Hall–Kier alpha value is -4.13. The molecular weight excluding hydrogens is 512 g/mol. The maximum Gasteiger partial charge on any atom is 0.257 e. The van der Waals surface area contributed by atoms with Crippen LogP contribution in [0.25, 0.3) is 11.0 Å². The summed E-state index contributed by atoms with van der Waals surface area (Å²) in [4.78, 5) is 33.4. The van der Waals surface area contributed by atoms with Gasteiger partial charge in [0, 0.05) is 25.6 Å². The third-order valence-corrected chi connectivity index (χ3v) is 7.93. The van der Waals surface area contributed by atoms with Crippen LogP contribution in [-0.4, -0.2) is 45.5 Å². The second-order valence-corrected chi connectivity index (χ2v) is 11.1. The quantitative estimate of drug-likeness (QED) is 0.257. The molecule has 0 spiro atoms. The number of aromatic nitrogens is 2. The smallest absolute Gasteiger partial charge is 0.257 e. The van der Waals surface area contributed by atoms with E-state index < -0.39 is 0 Å². The number of para-hydroxylation sites is 2. The number of ether oxygens (including phenoxy) is 1. The number of hydrogen-bond donors (Lipinski definition) is 1. The van der Waals surface area contributed by atoms with Crippen LogP contribution in [0, 0.1) is 13.8 Å². The Morgan fingerprint density at radius 2 is 1.73 bits per heavy atom. The van der Waals surface area contributed by atoms with Crippen LogP contribution >= 0.6 is 0 Å². The molecule has 1 heterocycles. The van der Waals surface area contributed by atoms with Gasteiger partial charge in [-0.3, -0.25) is 9.59 Å². The fraction of sp³-hybridized carbons (Fsp3) is 0.382. The van der Waals surface area contributed by atoms with Crippen molar-refractivity contribution >= 4 is 22.8 Å². The van der Waals surface area contributed by atoms with Gasteiger partial charge in [-0.25, -0.2) is 4.98 Å². The van der Waals surface area contributed by atoms with E-state index in [1.165, 1.54) is 6.42 Å². The molecule has 1 fully saturated rings. The minimum atomic E-state index is -0.184. The second-order valence-electron chi connectivity index (χ2n) is 11.1. The molecule has 1 N–H and O–H groups in total. The molecule has 7 nitrogen and oxygen atoms in total. The van der Waals surface area contributed by atoms with Gasteiger partial charge in [-0.05, 0) is 61.6 Å². The molecule has 41 heavy (non-hydrogen) atoms. The number of carbonyl (C=O) groups excluding carboxylic acids is 2. The number of benzene rings is 3. The van der Waals surface area contributed by atoms with Crippen LogP contribution in [0.4, 0.5) is 0 Å². The number of hydrogen-bond acceptors (Lipinski definition) is 4. The summed E-state index contributed by atoms with van der Waals surface area (Å²) in [5.74, 6) is 1.43. The van der Waals surface area contributed by atoms with Crippen molar-refractivity contribution in [3.63, 3.8) is 0 Å². The molecule has 0 aliphatic heterocycles. The summed E-state index contributed by atoms with van der Waals surface area (Å²) in [5.41, 5.74) is 5.02. The highest BCUT2D eigenvalue weighted by Crippen LogP contribution is 2.26. The minimum absolute atomic E-state index is 0.0466. The Kier molecular flexibility index (Phi) is 9.34. The molecule has 2 amide bonds. The van der Waals surface area contributed by atoms with E-state index in [-0.39, 0.29) is 31.0 Å². The molecule has 3 aromatic carbocycles. The highest BCUT2D eigenvalue weighted by Gasteiger charge is 2.27. The Bertz CT molecular complexity index is 1470. The van der Waals surface area contributed by atoms with E-state index in [9.17, 15) is 9.59 Å². The van der Waals surface area contributed by atoms with Crippen molar-refractivity contribution < 1.29 is 14.3 Å². The third kappa shape index (κ3) is 7.34. The van der Waals surface area contributed by atoms with Crippen LogP contribution in [0.5, 0.6) is 5.75 Å². The number of rotatable bonds is 11. The molecule has 4 aromatic rings. The van der Waals surface area contributed by atoms with Crippen molar-refractivity contribution in [2.75, 3.05) is 13.2 Å². The van der Waals surface area contributed by atoms with Gasteiger partial charge in [-0.15, -0.1) is 0 Å². The molecule has 5 rings (SSSR count). The minimum Gasteiger partial charge on any atom is -0.483 e. The van der Waals surface area contributed by atoms with Crippen molar-refractivity contribution in [3.8, 4) is 5.75 Å². The van der Waals surface area contributed by atoms with Crippen molar-refractivity contribution in [2.45, 2.75) is 71.5 Å². The van der Waals surface area contributed by atoms with Crippen molar-refractivity contribution in [2.24, 2.45) is 0 Å². The van der Waals surface area contributed by atoms with Gasteiger partial charge in [0.05, 0.1) is 11.0 Å². The largest absolute Gasteiger partial charge is 0.483 e. The first-order valence-electron chi connectivity index (χ1n) is 14.7. The van der Waals surface area contributed by atoms with Gasteiger partial charge in [0.2, 0.25) is 5.91 Å². The lowest BCUT2D eigenvalue weighted by Crippen LogP contribution is -2.42. The first-order valence-corrected chi connectivity index (χ1v) is 14.7. The third-order valence-electron chi connectivity index (χ3n) is 7.93. The summed E-state index contributed by atoms with van der Waals surface area (Å²) < 4.78 is 7.78. The molecule has 1 aliphatic carbocycles. The predicted octanol–water partition coefficient (Wildman–Crippen LogP) is 5.75. The maximum atomic E-state index is 14.0. The maximum absolute atomic E-state index is 14.0. The highest BCUT2D eigenvalue weighted by molar-refractivity contribution is 5.81. The fourth-order valence-electron chi connectivity index (χ4n) is 5.68. The zero-order chi connectivity index (χ0) is 28.6. The van der Waals surface area contributed by atoms with Gasteiger partial charge < -0.3 is 19.5 Å². The monoisotopic (exact) mass is 552 g/mol. The van der Waals surface area contributed by atoms with Gasteiger partial charge in [0.15, 0.2) is 6.61 Å². The number of fused-ring (bicyclic) bond motifs is 1. The average molecular weight is 553 g/mol. The van der Waals surface area contributed by atoms with Crippen LogP contribution in [0.3, 0.4) is 0 Å². The van der Waals surface area contributed by atoms with E-state index in [1.54, 1.807) is 0 Å². The Balaban J connectivity index is 1.27. The van der Waals surface area contributed by atoms with Gasteiger partial charge in [-0.1, -0.05) is 73.9 Å². The van der Waals surface area contributed by atoms with E-state index in [2.05, 4.69) is 22.3 Å². The summed E-state index contributed by atoms with van der Waals surface area (Å²) in [5, 5.41) is 2.95. The molecular formula is C34H40N4O3. The lowest BCUT2D eigenvalue weighted by molar-refractivity contribution is -0.135. The normalized spacial score (nSPS) is 13.7. The molecule has 214 valence electrons. The number of imidazole rings is 1. The van der Waals surface area contributed by atoms with Gasteiger partial charge in [0.1, 0.15) is 18.1 Å². The molecule has 0 radical (unpaired) electrons. The van der Waals surface area contributed by atoms with Crippen LogP contribution in [0.1, 0.15) is 54.6 Å². The summed E-state index contributed by atoms with van der Waals surface area (Å²) in [6.45, 7) is 5.16. The first kappa shape index (κ1) is 28.4. The molecule has 1 aromatic heterocycles. The molecule has 7 heteroatoms. The fourth-order valence-corrected chi connectivity index (χ4v) is 5.68. The van der Waals surface area contributed by atoms with Gasteiger partial charge >= 0.3 is 0 Å². The van der Waals surface area contributed by atoms with Crippen molar-refractivity contribution in [1.82, 2.24) is 19.8 Å². The number of nitrogens with zero attached hydrogens (tertiary/aromatic N) is 3. The van der Waals surface area contributed by atoms with Crippen molar-refractivity contribution in [1.29, 1.82) is 0 Å². The van der Waals surface area contributed by atoms with Gasteiger partial charge in [0.25, 0.3) is 5.91 Å². The second kappa shape index (κ2) is 13.5. The summed E-state index contributed by atoms with van der Waals surface area (Å²) in [6, 6.07) is 24.4. The SMILES string of the molecule is Cc1ccc(C)c(OCC(=O)NCCc2nc3ccccc3n2CC(=O)N(Cc2ccccc2)C2CCCCC2)c1. The molecule has 0 atom stereocenters. The highest BCUT2D eigenvalue weighted by atomic mass is 16.5. The van der Waals surface area contributed by atoms with Crippen LogP contribution in [0.15, 0.2) is 72.8 Å². The molecule has 1 aliphatic rings. The van der Waals surface area contributed by atoms with E-state index in [4.69, 9.17) is 9.72 Å². The lowest BCUT2D eigenvalue weighted by Gasteiger charge is -2.35. The molecule has 0 unspecified atom stereocenters. The van der Waals surface area contributed by atoms with Crippen molar-refractivity contribution in [3.05, 3.63) is 95.3 Å². The number of carbonyl (C=O) groups is 2.